The molecule has 0 aliphatic carbocycles. The number of nitrogens with one attached hydrogen (secondary N) is 1. The lowest BCUT2D eigenvalue weighted by Crippen LogP contribution is -2.24. The number of primary amides is 2. The summed E-state index contributed by atoms with van der Waals surface area (Å²) < 4.78 is 1.66. The zero-order valence-electron chi connectivity index (χ0n) is 12.9. The standard InChI is InChI=1S/C16H15N5O3/c1-2-11-9(6-10(14(18)23)16(24)20-11)12-7-21-5-3-4-8(13(17)22)15(21)19-12/h3-7H,2H2,1H3,(H2,17,22)(H2,18,23)(H,20,24). The van der Waals surface area contributed by atoms with Crippen LogP contribution in [0.1, 0.15) is 33.3 Å². The maximum absolute atomic E-state index is 11.9. The van der Waals surface area contributed by atoms with Crippen LogP contribution in [-0.4, -0.2) is 26.2 Å². The van der Waals surface area contributed by atoms with Crippen LogP contribution in [-0.2, 0) is 6.42 Å². The molecule has 0 aliphatic heterocycles. The zero-order valence-corrected chi connectivity index (χ0v) is 12.9. The predicted octanol–water partition coefficient (Wildman–Crippen LogP) is 0.450. The molecule has 3 rings (SSSR count). The molecule has 0 bridgehead atoms. The molecule has 24 heavy (non-hydrogen) atoms. The first-order chi connectivity index (χ1) is 11.4. The average Bonchev–Trinajstić information content (AvgIpc) is 2.97. The van der Waals surface area contributed by atoms with Gasteiger partial charge in [0.15, 0.2) is 0 Å². The molecule has 8 nitrogen and oxygen atoms in total. The van der Waals surface area contributed by atoms with Gasteiger partial charge in [-0.2, -0.15) is 0 Å². The minimum atomic E-state index is -0.818. The van der Waals surface area contributed by atoms with Crippen molar-refractivity contribution in [1.29, 1.82) is 0 Å². The first kappa shape index (κ1) is 15.5. The SMILES string of the molecule is CCc1[nH]c(=O)c(C(N)=O)cc1-c1cn2cccc(C(N)=O)c2n1. The number of amides is 2. The number of pyridine rings is 2. The maximum Gasteiger partial charge on any atom is 0.261 e. The van der Waals surface area contributed by atoms with Gasteiger partial charge in [0, 0.05) is 23.7 Å². The number of aromatic nitrogens is 3. The van der Waals surface area contributed by atoms with Gasteiger partial charge < -0.3 is 20.9 Å². The van der Waals surface area contributed by atoms with E-state index < -0.39 is 17.4 Å². The summed E-state index contributed by atoms with van der Waals surface area (Å²) in [5.74, 6) is -1.41. The Morgan fingerprint density at radius 1 is 1.25 bits per heavy atom. The molecule has 5 N–H and O–H groups in total. The molecule has 2 amide bonds. The smallest absolute Gasteiger partial charge is 0.261 e. The molecule has 0 saturated carbocycles. The van der Waals surface area contributed by atoms with Crippen molar-refractivity contribution in [2.75, 3.05) is 0 Å². The van der Waals surface area contributed by atoms with Gasteiger partial charge in [0.05, 0.1) is 11.3 Å². The summed E-state index contributed by atoms with van der Waals surface area (Å²) in [5, 5.41) is 0. The summed E-state index contributed by atoms with van der Waals surface area (Å²) in [4.78, 5) is 42.0. The maximum atomic E-state index is 11.9. The number of aryl methyl sites for hydroxylation is 1. The molecular weight excluding hydrogens is 310 g/mol. The Kier molecular flexibility index (Phi) is 3.64. The molecule has 0 radical (unpaired) electrons. The number of hydrogen-bond acceptors (Lipinski definition) is 4. The number of nitrogens with two attached hydrogens (primary N) is 2. The second-order valence-corrected chi connectivity index (χ2v) is 5.27. The molecule has 0 aliphatic rings. The normalized spacial score (nSPS) is 10.9. The fourth-order valence-electron chi connectivity index (χ4n) is 2.59. The van der Waals surface area contributed by atoms with E-state index in [0.29, 0.717) is 29.0 Å². The fourth-order valence-corrected chi connectivity index (χ4v) is 2.59. The molecule has 0 aromatic carbocycles. The monoisotopic (exact) mass is 325 g/mol. The summed E-state index contributed by atoms with van der Waals surface area (Å²) >= 11 is 0. The quantitative estimate of drug-likeness (QED) is 0.641. The van der Waals surface area contributed by atoms with Crippen molar-refractivity contribution < 1.29 is 9.59 Å². The molecule has 0 unspecified atom stereocenters. The van der Waals surface area contributed by atoms with E-state index in [9.17, 15) is 14.4 Å². The van der Waals surface area contributed by atoms with E-state index in [1.807, 2.05) is 6.92 Å². The molecule has 8 heteroatoms. The summed E-state index contributed by atoms with van der Waals surface area (Å²) in [6, 6.07) is 4.68. The van der Waals surface area contributed by atoms with Gasteiger partial charge in [0.1, 0.15) is 11.2 Å². The summed E-state index contributed by atoms with van der Waals surface area (Å²) in [6.07, 6.45) is 3.95. The molecule has 0 spiro atoms. The summed E-state index contributed by atoms with van der Waals surface area (Å²) in [6.45, 7) is 1.86. The summed E-state index contributed by atoms with van der Waals surface area (Å²) in [5.41, 5.74) is 12.3. The van der Waals surface area contributed by atoms with Crippen molar-refractivity contribution >= 4 is 17.5 Å². The third-order valence-electron chi connectivity index (χ3n) is 3.77. The average molecular weight is 325 g/mol. The third kappa shape index (κ3) is 2.43. The van der Waals surface area contributed by atoms with E-state index in [1.165, 1.54) is 6.07 Å². The highest BCUT2D eigenvalue weighted by Crippen LogP contribution is 2.24. The zero-order chi connectivity index (χ0) is 17.4. The topological polar surface area (TPSA) is 136 Å². The van der Waals surface area contributed by atoms with Crippen molar-refractivity contribution in [1.82, 2.24) is 14.4 Å². The second kappa shape index (κ2) is 5.65. The minimum absolute atomic E-state index is 0.144. The van der Waals surface area contributed by atoms with Crippen molar-refractivity contribution in [3.63, 3.8) is 0 Å². The molecule has 3 aromatic heterocycles. The molecule has 0 atom stereocenters. The number of aromatic amines is 1. The van der Waals surface area contributed by atoms with Crippen LogP contribution in [0.15, 0.2) is 35.4 Å². The van der Waals surface area contributed by atoms with Crippen molar-refractivity contribution in [3.8, 4) is 11.3 Å². The molecule has 3 aromatic rings. The number of H-pyrrole nitrogens is 1. The third-order valence-corrected chi connectivity index (χ3v) is 3.77. The molecule has 0 saturated heterocycles. The lowest BCUT2D eigenvalue weighted by Gasteiger charge is -2.06. The number of imidazole rings is 1. The Bertz CT molecular complexity index is 1030. The van der Waals surface area contributed by atoms with Crippen LogP contribution in [0.4, 0.5) is 0 Å². The van der Waals surface area contributed by atoms with E-state index in [-0.39, 0.29) is 11.1 Å². The van der Waals surface area contributed by atoms with E-state index in [1.54, 1.807) is 28.9 Å². The highest BCUT2D eigenvalue weighted by molar-refractivity contribution is 5.99. The number of nitrogens with zero attached hydrogens (tertiary/aromatic N) is 2. The van der Waals surface area contributed by atoms with Gasteiger partial charge >= 0.3 is 0 Å². The number of carbonyl (C=O) groups excluding carboxylic acids is 2. The van der Waals surface area contributed by atoms with Crippen LogP contribution in [0, 0.1) is 0 Å². The Hall–Kier alpha value is -3.42. The van der Waals surface area contributed by atoms with Crippen LogP contribution in [0.2, 0.25) is 0 Å². The van der Waals surface area contributed by atoms with Crippen LogP contribution in [0.25, 0.3) is 16.9 Å². The van der Waals surface area contributed by atoms with Gasteiger partial charge in [-0.1, -0.05) is 6.92 Å². The van der Waals surface area contributed by atoms with Gasteiger partial charge in [0.25, 0.3) is 17.4 Å². The number of hydrogen-bond donors (Lipinski definition) is 3. The van der Waals surface area contributed by atoms with Crippen molar-refractivity contribution in [2.45, 2.75) is 13.3 Å². The Labute approximate surface area is 136 Å². The van der Waals surface area contributed by atoms with Gasteiger partial charge in [-0.25, -0.2) is 4.98 Å². The second-order valence-electron chi connectivity index (χ2n) is 5.27. The van der Waals surface area contributed by atoms with Crippen LogP contribution in [0.5, 0.6) is 0 Å². The number of rotatable bonds is 4. The Morgan fingerprint density at radius 2 is 1.96 bits per heavy atom. The van der Waals surface area contributed by atoms with Crippen molar-refractivity contribution in [3.05, 3.63) is 57.8 Å². The Morgan fingerprint density at radius 3 is 2.58 bits per heavy atom. The molecular formula is C16H15N5O3. The van der Waals surface area contributed by atoms with E-state index in [2.05, 4.69) is 9.97 Å². The van der Waals surface area contributed by atoms with Gasteiger partial charge in [0.2, 0.25) is 0 Å². The van der Waals surface area contributed by atoms with Crippen LogP contribution < -0.4 is 17.0 Å². The van der Waals surface area contributed by atoms with Crippen molar-refractivity contribution in [2.24, 2.45) is 11.5 Å². The number of fused-ring (bicyclic) bond motifs is 1. The Balaban J connectivity index is 2.29. The molecule has 3 heterocycles. The largest absolute Gasteiger partial charge is 0.365 e. The minimum Gasteiger partial charge on any atom is -0.365 e. The van der Waals surface area contributed by atoms with E-state index in [4.69, 9.17) is 11.5 Å². The van der Waals surface area contributed by atoms with Gasteiger partial charge in [-0.05, 0) is 24.6 Å². The molecule has 0 fully saturated rings. The van der Waals surface area contributed by atoms with E-state index >= 15 is 0 Å². The highest BCUT2D eigenvalue weighted by atomic mass is 16.2. The van der Waals surface area contributed by atoms with Crippen LogP contribution in [0.3, 0.4) is 0 Å². The van der Waals surface area contributed by atoms with Crippen LogP contribution >= 0.6 is 0 Å². The molecule has 122 valence electrons. The van der Waals surface area contributed by atoms with Gasteiger partial charge in [-0.15, -0.1) is 0 Å². The predicted molar refractivity (Wildman–Crippen MR) is 87.7 cm³/mol. The highest BCUT2D eigenvalue weighted by Gasteiger charge is 2.17. The number of carbonyl (C=O) groups is 2. The van der Waals surface area contributed by atoms with Gasteiger partial charge in [-0.3, -0.25) is 14.4 Å². The first-order valence-corrected chi connectivity index (χ1v) is 7.26. The first-order valence-electron chi connectivity index (χ1n) is 7.26. The summed E-state index contributed by atoms with van der Waals surface area (Å²) in [7, 11) is 0. The lowest BCUT2D eigenvalue weighted by atomic mass is 10.1. The lowest BCUT2D eigenvalue weighted by molar-refractivity contribution is 0.0991. The fraction of sp³-hybridized carbons (Fsp3) is 0.125. The van der Waals surface area contributed by atoms with E-state index in [0.717, 1.165) is 0 Å².